The fraction of sp³-hybridized carbons (Fsp3) is 0.0455. The van der Waals surface area contributed by atoms with Gasteiger partial charge in [0, 0.05) is 16.6 Å². The van der Waals surface area contributed by atoms with Crippen LogP contribution in [0.1, 0.15) is 5.56 Å². The third-order valence-corrected chi connectivity index (χ3v) is 3.89. The van der Waals surface area contributed by atoms with Crippen molar-refractivity contribution in [1.82, 2.24) is 5.43 Å². The molecule has 140 valence electrons. The maximum Gasteiger partial charge on any atom is 0.329 e. The van der Waals surface area contributed by atoms with E-state index in [4.69, 9.17) is 4.74 Å². The van der Waals surface area contributed by atoms with Gasteiger partial charge in [0.25, 0.3) is 0 Å². The minimum Gasteiger partial charge on any atom is -0.489 e. The highest BCUT2D eigenvalue weighted by atomic mass is 16.5. The van der Waals surface area contributed by atoms with Crippen LogP contribution in [-0.4, -0.2) is 24.6 Å². The van der Waals surface area contributed by atoms with Gasteiger partial charge in [0.1, 0.15) is 12.4 Å². The summed E-state index contributed by atoms with van der Waals surface area (Å²) < 4.78 is 5.51. The fourth-order valence-electron chi connectivity index (χ4n) is 2.59. The third kappa shape index (κ3) is 4.62. The fourth-order valence-corrected chi connectivity index (χ4v) is 2.59. The van der Waals surface area contributed by atoms with Crippen LogP contribution in [0.3, 0.4) is 0 Å². The highest BCUT2D eigenvalue weighted by Crippen LogP contribution is 2.22. The second-order valence-electron chi connectivity index (χ2n) is 5.82. The standard InChI is InChI=1S/C22H19N3O3/c1-2-14-28-20-13-6-4-9-17(20)15-23-25-22(27)21(26)24-19-12-7-10-16-8-3-5-11-18(16)19/h2-13,15H,1,14H2,(H,24,26)(H,25,27)/b23-15-. The Labute approximate surface area is 162 Å². The first-order chi connectivity index (χ1) is 13.7. The van der Waals surface area contributed by atoms with Crippen LogP contribution >= 0.6 is 0 Å². The molecule has 2 amide bonds. The number of hydrogen-bond acceptors (Lipinski definition) is 4. The molecule has 6 heteroatoms. The van der Waals surface area contributed by atoms with E-state index in [0.717, 1.165) is 10.8 Å². The maximum absolute atomic E-state index is 12.2. The van der Waals surface area contributed by atoms with Crippen molar-refractivity contribution in [3.05, 3.63) is 84.9 Å². The number of amides is 2. The number of hydrogen-bond donors (Lipinski definition) is 2. The lowest BCUT2D eigenvalue weighted by Crippen LogP contribution is -2.32. The molecule has 0 heterocycles. The number of nitrogens with zero attached hydrogens (tertiary/aromatic N) is 1. The normalized spacial score (nSPS) is 10.6. The number of para-hydroxylation sites is 1. The molecule has 3 aromatic carbocycles. The minimum atomic E-state index is -0.867. The van der Waals surface area contributed by atoms with Crippen LogP contribution in [0.2, 0.25) is 0 Å². The first-order valence-corrected chi connectivity index (χ1v) is 8.64. The van der Waals surface area contributed by atoms with Crippen LogP contribution in [0.4, 0.5) is 5.69 Å². The summed E-state index contributed by atoms with van der Waals surface area (Å²) in [4.78, 5) is 24.2. The van der Waals surface area contributed by atoms with Crippen molar-refractivity contribution >= 4 is 34.5 Å². The number of carbonyl (C=O) groups is 2. The molecule has 3 rings (SSSR count). The predicted octanol–water partition coefficient (Wildman–Crippen LogP) is 3.49. The zero-order valence-electron chi connectivity index (χ0n) is 15.1. The molecule has 0 saturated carbocycles. The van der Waals surface area contributed by atoms with E-state index in [-0.39, 0.29) is 0 Å². The van der Waals surface area contributed by atoms with E-state index in [2.05, 4.69) is 22.4 Å². The predicted molar refractivity (Wildman–Crippen MR) is 110 cm³/mol. The molecule has 0 fully saturated rings. The van der Waals surface area contributed by atoms with Crippen LogP contribution in [0.5, 0.6) is 5.75 Å². The first kappa shape index (κ1) is 18.8. The van der Waals surface area contributed by atoms with Crippen molar-refractivity contribution in [3.63, 3.8) is 0 Å². The summed E-state index contributed by atoms with van der Waals surface area (Å²) >= 11 is 0. The number of nitrogens with one attached hydrogen (secondary N) is 2. The van der Waals surface area contributed by atoms with Gasteiger partial charge in [-0.15, -0.1) is 0 Å². The second kappa shape index (κ2) is 9.14. The van der Waals surface area contributed by atoms with Crippen LogP contribution in [-0.2, 0) is 9.59 Å². The Kier molecular flexibility index (Phi) is 6.15. The average molecular weight is 373 g/mol. The molecule has 6 nitrogen and oxygen atoms in total. The number of carbonyl (C=O) groups excluding carboxylic acids is 2. The Morgan fingerprint density at radius 3 is 2.57 bits per heavy atom. The Balaban J connectivity index is 1.64. The van der Waals surface area contributed by atoms with E-state index in [1.54, 1.807) is 24.3 Å². The van der Waals surface area contributed by atoms with Gasteiger partial charge in [0.15, 0.2) is 0 Å². The van der Waals surface area contributed by atoms with Crippen molar-refractivity contribution in [3.8, 4) is 5.75 Å². The molecule has 0 unspecified atom stereocenters. The first-order valence-electron chi connectivity index (χ1n) is 8.64. The summed E-state index contributed by atoms with van der Waals surface area (Å²) in [6.07, 6.45) is 3.05. The number of hydrazone groups is 1. The molecule has 0 aliphatic rings. The lowest BCUT2D eigenvalue weighted by molar-refractivity contribution is -0.136. The van der Waals surface area contributed by atoms with Crippen LogP contribution in [0.25, 0.3) is 10.8 Å². The third-order valence-electron chi connectivity index (χ3n) is 3.89. The highest BCUT2D eigenvalue weighted by molar-refractivity contribution is 6.40. The minimum absolute atomic E-state index is 0.352. The number of rotatable bonds is 6. The molecule has 0 atom stereocenters. The molecule has 0 aliphatic carbocycles. The lowest BCUT2D eigenvalue weighted by Gasteiger charge is -2.08. The summed E-state index contributed by atoms with van der Waals surface area (Å²) in [6.45, 7) is 3.96. The lowest BCUT2D eigenvalue weighted by atomic mass is 10.1. The topological polar surface area (TPSA) is 79.8 Å². The van der Waals surface area contributed by atoms with Crippen molar-refractivity contribution in [1.29, 1.82) is 0 Å². The molecule has 0 bridgehead atoms. The number of anilines is 1. The van der Waals surface area contributed by atoms with E-state index in [9.17, 15) is 9.59 Å². The molecular formula is C22H19N3O3. The zero-order valence-corrected chi connectivity index (χ0v) is 15.1. The van der Waals surface area contributed by atoms with Gasteiger partial charge in [0.05, 0.1) is 6.21 Å². The molecule has 0 saturated heterocycles. The monoisotopic (exact) mass is 373 g/mol. The van der Waals surface area contributed by atoms with Crippen molar-refractivity contribution in [2.75, 3.05) is 11.9 Å². The summed E-state index contributed by atoms with van der Waals surface area (Å²) in [5, 5.41) is 8.27. The van der Waals surface area contributed by atoms with Gasteiger partial charge >= 0.3 is 11.8 Å². The number of fused-ring (bicyclic) bond motifs is 1. The largest absolute Gasteiger partial charge is 0.489 e. The smallest absolute Gasteiger partial charge is 0.329 e. The Morgan fingerprint density at radius 1 is 0.964 bits per heavy atom. The van der Waals surface area contributed by atoms with Gasteiger partial charge < -0.3 is 10.1 Å². The second-order valence-corrected chi connectivity index (χ2v) is 5.82. The van der Waals surface area contributed by atoms with Gasteiger partial charge in [-0.25, -0.2) is 5.43 Å². The van der Waals surface area contributed by atoms with Gasteiger partial charge in [-0.3, -0.25) is 9.59 Å². The van der Waals surface area contributed by atoms with Gasteiger partial charge in [0.2, 0.25) is 0 Å². The van der Waals surface area contributed by atoms with Crippen LogP contribution in [0, 0.1) is 0 Å². The maximum atomic E-state index is 12.2. The molecule has 2 N–H and O–H groups in total. The van der Waals surface area contributed by atoms with Gasteiger partial charge in [-0.05, 0) is 23.6 Å². The Morgan fingerprint density at radius 2 is 1.71 bits per heavy atom. The van der Waals surface area contributed by atoms with Gasteiger partial charge in [-0.2, -0.15) is 5.10 Å². The summed E-state index contributed by atoms with van der Waals surface area (Å²) in [5.41, 5.74) is 3.45. The van der Waals surface area contributed by atoms with Crippen molar-refractivity contribution in [2.24, 2.45) is 5.10 Å². The van der Waals surface area contributed by atoms with Gasteiger partial charge in [-0.1, -0.05) is 61.2 Å². The molecule has 0 spiro atoms. The highest BCUT2D eigenvalue weighted by Gasteiger charge is 2.14. The van der Waals surface area contributed by atoms with E-state index in [1.807, 2.05) is 48.5 Å². The van der Waals surface area contributed by atoms with E-state index >= 15 is 0 Å². The summed E-state index contributed by atoms with van der Waals surface area (Å²) in [6, 6.07) is 20.3. The Bertz CT molecular complexity index is 1040. The van der Waals surface area contributed by atoms with Crippen LogP contribution in [0.15, 0.2) is 84.5 Å². The van der Waals surface area contributed by atoms with Crippen molar-refractivity contribution in [2.45, 2.75) is 0 Å². The summed E-state index contributed by atoms with van der Waals surface area (Å²) in [5.74, 6) is -1.07. The number of benzene rings is 3. The molecule has 28 heavy (non-hydrogen) atoms. The molecule has 0 aromatic heterocycles. The molecule has 0 aliphatic heterocycles. The number of ether oxygens (including phenoxy) is 1. The molecular weight excluding hydrogens is 354 g/mol. The summed E-state index contributed by atoms with van der Waals surface area (Å²) in [7, 11) is 0. The van der Waals surface area contributed by atoms with E-state index in [1.165, 1.54) is 6.21 Å². The van der Waals surface area contributed by atoms with E-state index in [0.29, 0.717) is 23.6 Å². The molecule has 3 aromatic rings. The average Bonchev–Trinajstić information content (AvgIpc) is 2.73. The SMILES string of the molecule is C=CCOc1ccccc1/C=N\NC(=O)C(=O)Nc1cccc2ccccc12. The van der Waals surface area contributed by atoms with Crippen molar-refractivity contribution < 1.29 is 14.3 Å². The van der Waals surface area contributed by atoms with Crippen LogP contribution < -0.4 is 15.5 Å². The Hall–Kier alpha value is -3.93. The molecule has 0 radical (unpaired) electrons. The zero-order chi connectivity index (χ0) is 19.8. The quantitative estimate of drug-likeness (QED) is 0.300. The van der Waals surface area contributed by atoms with E-state index < -0.39 is 11.8 Å².